The van der Waals surface area contributed by atoms with Crippen LogP contribution in [-0.2, 0) is 6.42 Å². The summed E-state index contributed by atoms with van der Waals surface area (Å²) in [4.78, 5) is 8.43. The van der Waals surface area contributed by atoms with Crippen LogP contribution in [0.5, 0.6) is 0 Å². The fourth-order valence-corrected chi connectivity index (χ4v) is 2.72. The maximum absolute atomic E-state index is 5.76. The highest BCUT2D eigenvalue weighted by molar-refractivity contribution is 7.80. The van der Waals surface area contributed by atoms with Crippen LogP contribution in [-0.4, -0.2) is 23.6 Å². The van der Waals surface area contributed by atoms with Crippen molar-refractivity contribution < 1.29 is 0 Å². The molecule has 0 aliphatic rings. The van der Waals surface area contributed by atoms with E-state index < -0.39 is 0 Å². The molecule has 0 radical (unpaired) electrons. The summed E-state index contributed by atoms with van der Waals surface area (Å²) >= 11 is 6.87. The van der Waals surface area contributed by atoms with Crippen molar-refractivity contribution in [2.24, 2.45) is 5.73 Å². The van der Waals surface area contributed by atoms with E-state index in [2.05, 4.69) is 27.4 Å². The summed E-state index contributed by atoms with van der Waals surface area (Å²) < 4.78 is 0. The number of likely N-dealkylation sites (N-methyl/N-ethyl adjacent to an activating group) is 1. The second kappa shape index (κ2) is 6.12. The second-order valence-corrected chi connectivity index (χ2v) is 5.91. The zero-order chi connectivity index (χ0) is 13.8. The summed E-state index contributed by atoms with van der Waals surface area (Å²) in [6, 6.07) is 8.11. The fourth-order valence-electron chi connectivity index (χ4n) is 1.86. The fraction of sp³-hybridized carbons (Fsp3) is 0.286. The molecule has 0 unspecified atom stereocenters. The van der Waals surface area contributed by atoms with Gasteiger partial charge in [-0.1, -0.05) is 18.3 Å². The van der Waals surface area contributed by atoms with Crippen LogP contribution in [0.15, 0.2) is 29.6 Å². The molecule has 100 valence electrons. The molecule has 0 bridgehead atoms. The van der Waals surface area contributed by atoms with Crippen molar-refractivity contribution in [1.82, 2.24) is 4.98 Å². The maximum Gasteiger partial charge on any atom is 0.138 e. The van der Waals surface area contributed by atoms with Crippen molar-refractivity contribution >= 4 is 34.4 Å². The largest absolute Gasteiger partial charge is 0.389 e. The zero-order valence-corrected chi connectivity index (χ0v) is 12.7. The molecule has 2 heterocycles. The van der Waals surface area contributed by atoms with E-state index >= 15 is 0 Å². The lowest BCUT2D eigenvalue weighted by molar-refractivity contribution is 0.864. The Morgan fingerprint density at radius 2 is 2.21 bits per heavy atom. The first-order chi connectivity index (χ1) is 9.08. The van der Waals surface area contributed by atoms with Crippen LogP contribution in [0.2, 0.25) is 0 Å². The normalized spacial score (nSPS) is 10.4. The van der Waals surface area contributed by atoms with Gasteiger partial charge in [-0.05, 0) is 36.9 Å². The van der Waals surface area contributed by atoms with E-state index in [4.69, 9.17) is 18.0 Å². The first-order valence-electron chi connectivity index (χ1n) is 6.09. The van der Waals surface area contributed by atoms with Gasteiger partial charge < -0.3 is 10.6 Å². The van der Waals surface area contributed by atoms with E-state index in [9.17, 15) is 0 Å². The van der Waals surface area contributed by atoms with Crippen molar-refractivity contribution in [3.63, 3.8) is 0 Å². The second-order valence-electron chi connectivity index (χ2n) is 4.44. The van der Waals surface area contributed by atoms with Gasteiger partial charge in [0.25, 0.3) is 0 Å². The number of nitrogens with zero attached hydrogens (tertiary/aromatic N) is 2. The van der Waals surface area contributed by atoms with Gasteiger partial charge in [0, 0.05) is 24.2 Å². The van der Waals surface area contributed by atoms with E-state index in [1.54, 1.807) is 11.3 Å². The van der Waals surface area contributed by atoms with Crippen LogP contribution in [0.25, 0.3) is 0 Å². The summed E-state index contributed by atoms with van der Waals surface area (Å²) in [6.45, 7) is 2.87. The molecule has 2 aromatic rings. The molecule has 0 saturated heterocycles. The summed E-state index contributed by atoms with van der Waals surface area (Å²) in [7, 11) is 2.02. The molecule has 0 atom stereocenters. The Hall–Kier alpha value is -1.46. The molecule has 2 aromatic heterocycles. The lowest BCUT2D eigenvalue weighted by Gasteiger charge is -2.21. The van der Waals surface area contributed by atoms with E-state index in [-0.39, 0.29) is 0 Å². The van der Waals surface area contributed by atoms with Crippen molar-refractivity contribution in [3.05, 3.63) is 45.8 Å². The topological polar surface area (TPSA) is 42.1 Å². The Morgan fingerprint density at radius 3 is 2.84 bits per heavy atom. The third kappa shape index (κ3) is 3.52. The lowest BCUT2D eigenvalue weighted by atomic mass is 10.2. The Bertz CT molecular complexity index is 564. The summed E-state index contributed by atoms with van der Waals surface area (Å²) in [6.07, 6.45) is 1.00. The molecule has 5 heteroatoms. The molecule has 19 heavy (non-hydrogen) atoms. The van der Waals surface area contributed by atoms with E-state index in [0.717, 1.165) is 30.0 Å². The van der Waals surface area contributed by atoms with Gasteiger partial charge in [0.15, 0.2) is 0 Å². The van der Waals surface area contributed by atoms with Crippen LogP contribution in [0, 0.1) is 6.92 Å². The third-order valence-electron chi connectivity index (χ3n) is 2.92. The standard InChI is InChI=1S/C14H17N3S2/c1-10-5-6-12(13(15)18)14(16-10)17(2)8-7-11-4-3-9-19-11/h3-6,9H,7-8H2,1-2H3,(H2,15,18). The number of hydrogen-bond acceptors (Lipinski definition) is 4. The third-order valence-corrected chi connectivity index (χ3v) is 4.07. The van der Waals surface area contributed by atoms with Gasteiger partial charge in [-0.25, -0.2) is 4.98 Å². The van der Waals surface area contributed by atoms with Crippen LogP contribution < -0.4 is 10.6 Å². The SMILES string of the molecule is Cc1ccc(C(N)=S)c(N(C)CCc2cccs2)n1. The molecule has 3 nitrogen and oxygen atoms in total. The summed E-state index contributed by atoms with van der Waals surface area (Å²) in [5, 5.41) is 2.10. The van der Waals surface area contributed by atoms with Gasteiger partial charge in [-0.15, -0.1) is 11.3 Å². The Morgan fingerprint density at radius 1 is 1.42 bits per heavy atom. The average molecular weight is 291 g/mol. The number of nitrogens with two attached hydrogens (primary N) is 1. The molecule has 2 N–H and O–H groups in total. The molecule has 0 saturated carbocycles. The van der Waals surface area contributed by atoms with Gasteiger partial charge in [0.05, 0.1) is 5.56 Å². The smallest absolute Gasteiger partial charge is 0.138 e. The number of aryl methyl sites for hydroxylation is 1. The lowest BCUT2D eigenvalue weighted by Crippen LogP contribution is -2.25. The molecule has 0 aliphatic carbocycles. The van der Waals surface area contributed by atoms with Gasteiger partial charge in [-0.3, -0.25) is 0 Å². The van der Waals surface area contributed by atoms with E-state index in [1.807, 2.05) is 26.1 Å². The van der Waals surface area contributed by atoms with Crippen LogP contribution >= 0.6 is 23.6 Å². The number of thiocarbonyl (C=S) groups is 1. The predicted molar refractivity (Wildman–Crippen MR) is 86.2 cm³/mol. The number of pyridine rings is 1. The molecule has 0 spiro atoms. The number of hydrogen-bond donors (Lipinski definition) is 1. The summed E-state index contributed by atoms with van der Waals surface area (Å²) in [5.74, 6) is 0.865. The Labute approximate surface area is 123 Å². The van der Waals surface area contributed by atoms with Gasteiger partial charge >= 0.3 is 0 Å². The zero-order valence-electron chi connectivity index (χ0n) is 11.1. The number of thiophene rings is 1. The number of anilines is 1. The Kier molecular flexibility index (Phi) is 4.50. The van der Waals surface area contributed by atoms with Crippen molar-refractivity contribution in [2.75, 3.05) is 18.5 Å². The number of aromatic nitrogens is 1. The predicted octanol–water partition coefficient (Wildman–Crippen LogP) is 2.76. The van der Waals surface area contributed by atoms with Crippen LogP contribution in [0.3, 0.4) is 0 Å². The van der Waals surface area contributed by atoms with Crippen molar-refractivity contribution in [3.8, 4) is 0 Å². The average Bonchev–Trinajstić information content (AvgIpc) is 2.88. The van der Waals surface area contributed by atoms with Crippen LogP contribution in [0.1, 0.15) is 16.1 Å². The minimum Gasteiger partial charge on any atom is -0.389 e. The molecular formula is C14H17N3S2. The molecule has 2 rings (SSSR count). The minimum absolute atomic E-state index is 0.394. The molecule has 0 aromatic carbocycles. The number of rotatable bonds is 5. The van der Waals surface area contributed by atoms with Crippen LogP contribution in [0.4, 0.5) is 5.82 Å². The minimum atomic E-state index is 0.394. The van der Waals surface area contributed by atoms with Gasteiger partial charge in [0.2, 0.25) is 0 Å². The van der Waals surface area contributed by atoms with Gasteiger partial charge in [0.1, 0.15) is 10.8 Å². The molecule has 0 amide bonds. The molecule has 0 fully saturated rings. The summed E-state index contributed by atoms with van der Waals surface area (Å²) in [5.41, 5.74) is 7.57. The highest BCUT2D eigenvalue weighted by atomic mass is 32.1. The van der Waals surface area contributed by atoms with Gasteiger partial charge in [-0.2, -0.15) is 0 Å². The van der Waals surface area contributed by atoms with E-state index in [0.29, 0.717) is 4.99 Å². The Balaban J connectivity index is 2.15. The molecular weight excluding hydrogens is 274 g/mol. The quantitative estimate of drug-likeness (QED) is 0.860. The van der Waals surface area contributed by atoms with Crippen molar-refractivity contribution in [2.45, 2.75) is 13.3 Å². The first-order valence-corrected chi connectivity index (χ1v) is 7.37. The monoisotopic (exact) mass is 291 g/mol. The molecule has 0 aliphatic heterocycles. The van der Waals surface area contributed by atoms with E-state index in [1.165, 1.54) is 4.88 Å². The highest BCUT2D eigenvalue weighted by Gasteiger charge is 2.11. The van der Waals surface area contributed by atoms with Crippen molar-refractivity contribution in [1.29, 1.82) is 0 Å². The maximum atomic E-state index is 5.76. The first kappa shape index (κ1) is 14.0. The highest BCUT2D eigenvalue weighted by Crippen LogP contribution is 2.18.